The fourth-order valence-electron chi connectivity index (χ4n) is 1.50. The van der Waals surface area contributed by atoms with Crippen molar-refractivity contribution in [2.24, 2.45) is 0 Å². The minimum absolute atomic E-state index is 0.0620. The molecule has 1 saturated carbocycles. The topological polar surface area (TPSA) is 20.3 Å². The van der Waals surface area contributed by atoms with Crippen molar-refractivity contribution < 1.29 is 18.0 Å². The molecule has 16 heavy (non-hydrogen) atoms. The summed E-state index contributed by atoms with van der Waals surface area (Å²) in [6, 6.07) is 1.51. The Morgan fingerprint density at radius 1 is 1.50 bits per heavy atom. The number of thiophene rings is 1. The average molecular weight is 249 g/mol. The second-order valence-corrected chi connectivity index (χ2v) is 4.57. The highest BCUT2D eigenvalue weighted by molar-refractivity contribution is 7.07. The molecule has 1 aliphatic rings. The van der Waals surface area contributed by atoms with E-state index in [0.29, 0.717) is 12.8 Å². The van der Waals surface area contributed by atoms with Crippen molar-refractivity contribution >= 4 is 17.2 Å². The Labute approximate surface area is 94.7 Å². The Morgan fingerprint density at radius 3 is 2.62 bits per heavy atom. The first kappa shape index (κ1) is 11.4. The molecule has 1 fully saturated rings. The van der Waals surface area contributed by atoms with Gasteiger partial charge < -0.3 is 4.90 Å². The van der Waals surface area contributed by atoms with Crippen LogP contribution in [-0.4, -0.2) is 23.0 Å². The zero-order chi connectivity index (χ0) is 11.8. The highest BCUT2D eigenvalue weighted by Gasteiger charge is 2.46. The van der Waals surface area contributed by atoms with Gasteiger partial charge in [-0.3, -0.25) is 4.79 Å². The van der Waals surface area contributed by atoms with Gasteiger partial charge >= 0.3 is 12.1 Å². The van der Waals surface area contributed by atoms with Gasteiger partial charge in [0.1, 0.15) is 0 Å². The lowest BCUT2D eigenvalue weighted by Gasteiger charge is -2.22. The summed E-state index contributed by atoms with van der Waals surface area (Å²) in [5, 5.41) is 3.55. The molecule has 0 radical (unpaired) electrons. The number of halogens is 3. The van der Waals surface area contributed by atoms with Gasteiger partial charge in [0.2, 0.25) is 0 Å². The van der Waals surface area contributed by atoms with Crippen molar-refractivity contribution in [2.75, 3.05) is 0 Å². The van der Waals surface area contributed by atoms with Crippen LogP contribution in [0.3, 0.4) is 0 Å². The van der Waals surface area contributed by atoms with Crippen LogP contribution >= 0.6 is 11.3 Å². The predicted molar refractivity (Wildman–Crippen MR) is 53.9 cm³/mol. The normalized spacial score (nSPS) is 16.2. The van der Waals surface area contributed by atoms with E-state index in [1.54, 1.807) is 16.8 Å². The van der Waals surface area contributed by atoms with Gasteiger partial charge in [-0.25, -0.2) is 0 Å². The molecule has 1 aliphatic carbocycles. The number of hydrogen-bond acceptors (Lipinski definition) is 2. The molecule has 1 amide bonds. The van der Waals surface area contributed by atoms with Crippen molar-refractivity contribution in [3.8, 4) is 0 Å². The number of rotatable bonds is 3. The fourth-order valence-corrected chi connectivity index (χ4v) is 2.15. The van der Waals surface area contributed by atoms with Crippen molar-refractivity contribution in [3.63, 3.8) is 0 Å². The zero-order valence-electron chi connectivity index (χ0n) is 8.33. The Morgan fingerprint density at radius 2 is 2.19 bits per heavy atom. The van der Waals surface area contributed by atoms with E-state index in [2.05, 4.69) is 0 Å². The predicted octanol–water partition coefficient (Wildman–Crippen LogP) is 2.80. The lowest BCUT2D eigenvalue weighted by Crippen LogP contribution is -2.41. The van der Waals surface area contributed by atoms with Crippen molar-refractivity contribution in [3.05, 3.63) is 22.4 Å². The van der Waals surface area contributed by atoms with Gasteiger partial charge in [0.05, 0.1) is 0 Å². The highest BCUT2D eigenvalue weighted by atomic mass is 32.1. The van der Waals surface area contributed by atoms with Crippen LogP contribution in [0.5, 0.6) is 0 Å². The Bertz CT molecular complexity index is 370. The first-order valence-electron chi connectivity index (χ1n) is 4.87. The SMILES string of the molecule is O=C(N(Cc1ccsc1)C1CC1)C(F)(F)F. The zero-order valence-corrected chi connectivity index (χ0v) is 9.14. The second-order valence-electron chi connectivity index (χ2n) is 3.79. The lowest BCUT2D eigenvalue weighted by molar-refractivity contribution is -0.186. The first-order chi connectivity index (χ1) is 7.48. The maximum absolute atomic E-state index is 12.3. The summed E-state index contributed by atoms with van der Waals surface area (Å²) in [6.45, 7) is 0.0620. The summed E-state index contributed by atoms with van der Waals surface area (Å²) in [6.07, 6.45) is -3.42. The van der Waals surface area contributed by atoms with E-state index in [4.69, 9.17) is 0 Å². The number of carbonyl (C=O) groups is 1. The van der Waals surface area contributed by atoms with Gasteiger partial charge in [-0.1, -0.05) is 0 Å². The third-order valence-electron chi connectivity index (χ3n) is 2.42. The first-order valence-corrected chi connectivity index (χ1v) is 5.81. The van der Waals surface area contributed by atoms with Crippen LogP contribution in [0.15, 0.2) is 16.8 Å². The molecule has 0 spiro atoms. The van der Waals surface area contributed by atoms with Gasteiger partial charge in [0, 0.05) is 12.6 Å². The van der Waals surface area contributed by atoms with E-state index >= 15 is 0 Å². The van der Waals surface area contributed by atoms with Crippen LogP contribution in [0, 0.1) is 0 Å². The van der Waals surface area contributed by atoms with Crippen LogP contribution in [-0.2, 0) is 11.3 Å². The van der Waals surface area contributed by atoms with Crippen LogP contribution in [0.2, 0.25) is 0 Å². The van der Waals surface area contributed by atoms with Crippen LogP contribution < -0.4 is 0 Å². The molecule has 88 valence electrons. The standard InChI is InChI=1S/C10H10F3NOS/c11-10(12,13)9(15)14(8-1-2-8)5-7-3-4-16-6-7/h3-4,6,8H,1-2,5H2. The summed E-state index contributed by atoms with van der Waals surface area (Å²) in [5.74, 6) is -1.72. The van der Waals surface area contributed by atoms with E-state index in [1.165, 1.54) is 11.3 Å². The molecule has 1 aromatic rings. The van der Waals surface area contributed by atoms with E-state index in [1.807, 2.05) is 0 Å². The van der Waals surface area contributed by atoms with Crippen LogP contribution in [0.25, 0.3) is 0 Å². The Hall–Kier alpha value is -1.04. The quantitative estimate of drug-likeness (QED) is 0.806. The number of hydrogen-bond donors (Lipinski definition) is 0. The molecule has 0 unspecified atom stereocenters. The van der Waals surface area contributed by atoms with Gasteiger partial charge in [0.25, 0.3) is 0 Å². The number of amides is 1. The van der Waals surface area contributed by atoms with E-state index in [-0.39, 0.29) is 12.6 Å². The molecule has 6 heteroatoms. The molecule has 0 N–H and O–H groups in total. The molecule has 1 heterocycles. The lowest BCUT2D eigenvalue weighted by atomic mass is 10.3. The molecule has 0 atom stereocenters. The molecule has 0 saturated heterocycles. The van der Waals surface area contributed by atoms with Crippen LogP contribution in [0.4, 0.5) is 13.2 Å². The molecule has 2 nitrogen and oxygen atoms in total. The molecule has 0 aromatic carbocycles. The van der Waals surface area contributed by atoms with Gasteiger partial charge in [-0.15, -0.1) is 0 Å². The number of carbonyl (C=O) groups excluding carboxylic acids is 1. The Kier molecular flexibility index (Phi) is 2.92. The van der Waals surface area contributed by atoms with Crippen molar-refractivity contribution in [1.82, 2.24) is 4.90 Å². The minimum Gasteiger partial charge on any atom is -0.328 e. The summed E-state index contributed by atoms with van der Waals surface area (Å²) in [7, 11) is 0. The van der Waals surface area contributed by atoms with E-state index in [9.17, 15) is 18.0 Å². The Balaban J connectivity index is 2.09. The smallest absolute Gasteiger partial charge is 0.328 e. The fraction of sp³-hybridized carbons (Fsp3) is 0.500. The summed E-state index contributed by atoms with van der Waals surface area (Å²) in [5.41, 5.74) is 0.759. The highest BCUT2D eigenvalue weighted by Crippen LogP contribution is 2.32. The second kappa shape index (κ2) is 4.08. The average Bonchev–Trinajstić information content (AvgIpc) is 2.90. The maximum atomic E-state index is 12.3. The van der Waals surface area contributed by atoms with E-state index < -0.39 is 12.1 Å². The summed E-state index contributed by atoms with van der Waals surface area (Å²) < 4.78 is 37.0. The molecule has 1 aromatic heterocycles. The van der Waals surface area contributed by atoms with Gasteiger partial charge in [0.15, 0.2) is 0 Å². The maximum Gasteiger partial charge on any atom is 0.471 e. The molecular weight excluding hydrogens is 239 g/mol. The number of alkyl halides is 3. The molecule has 2 rings (SSSR count). The van der Waals surface area contributed by atoms with Crippen LogP contribution in [0.1, 0.15) is 18.4 Å². The molecule has 0 bridgehead atoms. The van der Waals surface area contributed by atoms with Crippen molar-refractivity contribution in [1.29, 1.82) is 0 Å². The van der Waals surface area contributed by atoms with Gasteiger partial charge in [-0.05, 0) is 35.2 Å². The summed E-state index contributed by atoms with van der Waals surface area (Å²) in [4.78, 5) is 12.1. The van der Waals surface area contributed by atoms with Crippen molar-refractivity contribution in [2.45, 2.75) is 31.6 Å². The monoisotopic (exact) mass is 249 g/mol. The summed E-state index contributed by atoms with van der Waals surface area (Å²) >= 11 is 1.41. The van der Waals surface area contributed by atoms with Gasteiger partial charge in [-0.2, -0.15) is 24.5 Å². The molecule has 0 aliphatic heterocycles. The minimum atomic E-state index is -4.77. The number of nitrogens with zero attached hydrogens (tertiary/aromatic N) is 1. The largest absolute Gasteiger partial charge is 0.471 e. The third kappa shape index (κ3) is 2.55. The van der Waals surface area contributed by atoms with E-state index in [0.717, 1.165) is 10.5 Å². The molecular formula is C10H10F3NOS. The third-order valence-corrected chi connectivity index (χ3v) is 3.16.